The molecule has 1 atom stereocenters. The van der Waals surface area contributed by atoms with Crippen molar-refractivity contribution in [2.45, 2.75) is 64.6 Å². The predicted octanol–water partition coefficient (Wildman–Crippen LogP) is 3.40. The van der Waals surface area contributed by atoms with Gasteiger partial charge < -0.3 is 19.7 Å². The van der Waals surface area contributed by atoms with Crippen molar-refractivity contribution in [2.24, 2.45) is 11.3 Å². The number of nitrogens with zero attached hydrogens (tertiary/aromatic N) is 1. The Morgan fingerprint density at radius 1 is 1.14 bits per heavy atom. The standard InChI is InChI=1S/C24H39NO4/c1-19-7-5-6-8-21(19)29-18-24(27)16-25(13-14-28-17-24)15-23(26)11-9-20(10-12-23)22(2,3)4/h5-8,20,26-27H,9-18H2,1-4H3/t20?,23?,24-/m1/s1. The second-order valence-corrected chi connectivity index (χ2v) is 10.4. The minimum Gasteiger partial charge on any atom is -0.490 e. The molecule has 0 spiro atoms. The summed E-state index contributed by atoms with van der Waals surface area (Å²) in [7, 11) is 0. The first kappa shape index (κ1) is 22.5. The first-order valence-corrected chi connectivity index (χ1v) is 11.0. The van der Waals surface area contributed by atoms with E-state index >= 15 is 0 Å². The smallest absolute Gasteiger partial charge is 0.134 e. The molecule has 29 heavy (non-hydrogen) atoms. The summed E-state index contributed by atoms with van der Waals surface area (Å²) in [6.07, 6.45) is 3.77. The Bertz CT molecular complexity index is 663. The molecule has 1 aromatic carbocycles. The number of para-hydroxylation sites is 1. The van der Waals surface area contributed by atoms with Crippen LogP contribution < -0.4 is 4.74 Å². The van der Waals surface area contributed by atoms with E-state index in [4.69, 9.17) is 9.47 Å². The Morgan fingerprint density at radius 2 is 1.83 bits per heavy atom. The molecular weight excluding hydrogens is 366 g/mol. The van der Waals surface area contributed by atoms with Gasteiger partial charge in [0.15, 0.2) is 0 Å². The van der Waals surface area contributed by atoms with Gasteiger partial charge in [-0.1, -0.05) is 39.0 Å². The third-order valence-electron chi connectivity index (χ3n) is 6.69. The van der Waals surface area contributed by atoms with Crippen LogP contribution in [0.2, 0.25) is 0 Å². The van der Waals surface area contributed by atoms with Gasteiger partial charge >= 0.3 is 0 Å². The monoisotopic (exact) mass is 405 g/mol. The van der Waals surface area contributed by atoms with Gasteiger partial charge in [0.2, 0.25) is 0 Å². The van der Waals surface area contributed by atoms with Crippen molar-refractivity contribution < 1.29 is 19.7 Å². The van der Waals surface area contributed by atoms with E-state index in [-0.39, 0.29) is 13.2 Å². The number of ether oxygens (including phenoxy) is 2. The molecule has 5 heteroatoms. The Labute approximate surface area is 176 Å². The van der Waals surface area contributed by atoms with Crippen LogP contribution in [-0.4, -0.2) is 65.8 Å². The second-order valence-electron chi connectivity index (χ2n) is 10.4. The highest BCUT2D eigenvalue weighted by atomic mass is 16.5. The van der Waals surface area contributed by atoms with E-state index in [9.17, 15) is 10.2 Å². The molecule has 1 aliphatic carbocycles. The zero-order chi connectivity index (χ0) is 21.1. The van der Waals surface area contributed by atoms with E-state index in [1.165, 1.54) is 0 Å². The number of β-amino-alcohol motifs (C(OH)–C–C–N with tert-alkyl or cyclic N) is 2. The van der Waals surface area contributed by atoms with Crippen LogP contribution in [0.25, 0.3) is 0 Å². The van der Waals surface area contributed by atoms with E-state index in [1.54, 1.807) is 0 Å². The van der Waals surface area contributed by atoms with Crippen LogP contribution in [-0.2, 0) is 4.74 Å². The summed E-state index contributed by atoms with van der Waals surface area (Å²) in [6.45, 7) is 11.6. The van der Waals surface area contributed by atoms with Crippen molar-refractivity contribution in [3.05, 3.63) is 29.8 Å². The SMILES string of the molecule is Cc1ccccc1OC[C@]1(O)COCCN(CC2(O)CCC(C(C)(C)C)CC2)C1. The fraction of sp³-hybridized carbons (Fsp3) is 0.750. The molecule has 0 radical (unpaired) electrons. The summed E-state index contributed by atoms with van der Waals surface area (Å²) >= 11 is 0. The summed E-state index contributed by atoms with van der Waals surface area (Å²) in [6, 6.07) is 7.83. The largest absolute Gasteiger partial charge is 0.490 e. The molecule has 0 unspecified atom stereocenters. The lowest BCUT2D eigenvalue weighted by atomic mass is 9.68. The van der Waals surface area contributed by atoms with Crippen LogP contribution in [0, 0.1) is 18.3 Å². The van der Waals surface area contributed by atoms with Gasteiger partial charge in [-0.3, -0.25) is 4.90 Å². The Morgan fingerprint density at radius 3 is 2.48 bits per heavy atom. The summed E-state index contributed by atoms with van der Waals surface area (Å²) in [5.74, 6) is 1.45. The van der Waals surface area contributed by atoms with Gasteiger partial charge in [0.25, 0.3) is 0 Å². The molecule has 0 aromatic heterocycles. The normalized spacial score (nSPS) is 32.0. The Hall–Kier alpha value is -1.14. The van der Waals surface area contributed by atoms with E-state index in [0.717, 1.165) is 43.5 Å². The average Bonchev–Trinajstić information content (AvgIpc) is 2.82. The quantitative estimate of drug-likeness (QED) is 0.786. The summed E-state index contributed by atoms with van der Waals surface area (Å²) in [4.78, 5) is 2.16. The third-order valence-corrected chi connectivity index (χ3v) is 6.69. The minimum absolute atomic E-state index is 0.179. The molecule has 1 aliphatic heterocycles. The molecule has 164 valence electrons. The van der Waals surface area contributed by atoms with E-state index in [0.29, 0.717) is 31.0 Å². The zero-order valence-corrected chi connectivity index (χ0v) is 18.6. The number of hydrogen-bond acceptors (Lipinski definition) is 5. The van der Waals surface area contributed by atoms with Gasteiger partial charge in [0.05, 0.1) is 18.8 Å². The summed E-state index contributed by atoms with van der Waals surface area (Å²) in [5, 5.41) is 22.4. The van der Waals surface area contributed by atoms with Gasteiger partial charge in [0, 0.05) is 19.6 Å². The van der Waals surface area contributed by atoms with Crippen LogP contribution in [0.15, 0.2) is 24.3 Å². The molecule has 1 saturated heterocycles. The van der Waals surface area contributed by atoms with E-state index < -0.39 is 11.2 Å². The number of rotatable bonds is 5. The molecule has 1 heterocycles. The topological polar surface area (TPSA) is 62.2 Å². The van der Waals surface area contributed by atoms with Gasteiger partial charge in [-0.25, -0.2) is 0 Å². The van der Waals surface area contributed by atoms with Crippen molar-refractivity contribution in [1.82, 2.24) is 4.90 Å². The lowest BCUT2D eigenvalue weighted by molar-refractivity contribution is -0.0808. The summed E-state index contributed by atoms with van der Waals surface area (Å²) in [5.41, 5.74) is -0.417. The van der Waals surface area contributed by atoms with Gasteiger partial charge in [-0.2, -0.15) is 0 Å². The minimum atomic E-state index is -1.09. The summed E-state index contributed by atoms with van der Waals surface area (Å²) < 4.78 is 11.6. The maximum atomic E-state index is 11.2. The highest BCUT2D eigenvalue weighted by Gasteiger charge is 2.41. The average molecular weight is 406 g/mol. The Balaban J connectivity index is 1.58. The van der Waals surface area contributed by atoms with E-state index in [2.05, 4.69) is 25.7 Å². The van der Waals surface area contributed by atoms with Crippen LogP contribution in [0.4, 0.5) is 0 Å². The lowest BCUT2D eigenvalue weighted by Gasteiger charge is -2.43. The van der Waals surface area contributed by atoms with Crippen molar-refractivity contribution in [3.63, 3.8) is 0 Å². The number of hydrogen-bond donors (Lipinski definition) is 2. The van der Waals surface area contributed by atoms with Crippen LogP contribution >= 0.6 is 0 Å². The second kappa shape index (κ2) is 8.93. The van der Waals surface area contributed by atoms with Gasteiger partial charge in [0.1, 0.15) is 18.0 Å². The van der Waals surface area contributed by atoms with Crippen LogP contribution in [0.1, 0.15) is 52.0 Å². The number of benzene rings is 1. The third kappa shape index (κ3) is 6.17. The maximum absolute atomic E-state index is 11.2. The molecule has 2 fully saturated rings. The predicted molar refractivity (Wildman–Crippen MR) is 115 cm³/mol. The molecule has 1 saturated carbocycles. The van der Waals surface area contributed by atoms with Crippen molar-refractivity contribution in [3.8, 4) is 5.75 Å². The lowest BCUT2D eigenvalue weighted by Crippen LogP contribution is -2.53. The van der Waals surface area contributed by atoms with Gasteiger partial charge in [-0.15, -0.1) is 0 Å². The molecule has 1 aromatic rings. The number of aryl methyl sites for hydroxylation is 1. The molecule has 3 rings (SSSR count). The first-order valence-electron chi connectivity index (χ1n) is 11.0. The van der Waals surface area contributed by atoms with Crippen LogP contribution in [0.3, 0.4) is 0 Å². The van der Waals surface area contributed by atoms with Crippen molar-refractivity contribution in [1.29, 1.82) is 0 Å². The zero-order valence-electron chi connectivity index (χ0n) is 18.6. The van der Waals surface area contributed by atoms with Gasteiger partial charge in [-0.05, 0) is 55.6 Å². The Kier molecular flexibility index (Phi) is 6.94. The number of aliphatic hydroxyl groups is 2. The highest BCUT2D eigenvalue weighted by molar-refractivity contribution is 5.31. The fourth-order valence-corrected chi connectivity index (χ4v) is 4.74. The molecule has 2 aliphatic rings. The highest BCUT2D eigenvalue weighted by Crippen LogP contribution is 2.41. The van der Waals surface area contributed by atoms with Crippen molar-refractivity contribution >= 4 is 0 Å². The van der Waals surface area contributed by atoms with Crippen LogP contribution in [0.5, 0.6) is 5.75 Å². The maximum Gasteiger partial charge on any atom is 0.134 e. The first-order chi connectivity index (χ1) is 13.6. The fourth-order valence-electron chi connectivity index (χ4n) is 4.74. The molecular formula is C24H39NO4. The molecule has 0 bridgehead atoms. The molecule has 5 nitrogen and oxygen atoms in total. The van der Waals surface area contributed by atoms with Crippen molar-refractivity contribution in [2.75, 3.05) is 39.5 Å². The van der Waals surface area contributed by atoms with E-state index in [1.807, 2.05) is 31.2 Å². The molecule has 0 amide bonds. The molecule has 2 N–H and O–H groups in total.